The van der Waals surface area contributed by atoms with Gasteiger partial charge in [0, 0.05) is 26.1 Å². The van der Waals surface area contributed by atoms with Crippen molar-refractivity contribution in [3.05, 3.63) is 17.2 Å². The number of benzene rings is 1. The number of carbonyl (C=O) groups is 1. The number of phenolic OH excluding ortho intramolecular Hbond substituents is 1. The Morgan fingerprint density at radius 2 is 2.06 bits per heavy atom. The van der Waals surface area contributed by atoms with Crippen molar-refractivity contribution in [2.45, 2.75) is 14.4 Å². The standard InChI is InChI=1S/C10H12ClNO3.CH4/c1-6(13)12(2)8-5-9(14)10(15-3)4-7(8)11;/h4-5,14H,1-3H3;1H4. The number of halogens is 1. The zero-order chi connectivity index (χ0) is 11.6. The van der Waals surface area contributed by atoms with Gasteiger partial charge in [0.15, 0.2) is 11.5 Å². The zero-order valence-electron chi connectivity index (χ0n) is 8.74. The number of aromatic hydroxyl groups is 1. The van der Waals surface area contributed by atoms with E-state index in [9.17, 15) is 9.90 Å². The van der Waals surface area contributed by atoms with Crippen LogP contribution in [-0.2, 0) is 4.79 Å². The van der Waals surface area contributed by atoms with Gasteiger partial charge < -0.3 is 14.7 Å². The summed E-state index contributed by atoms with van der Waals surface area (Å²) >= 11 is 5.93. The molecule has 0 radical (unpaired) electrons. The van der Waals surface area contributed by atoms with Crippen LogP contribution in [0.1, 0.15) is 14.4 Å². The van der Waals surface area contributed by atoms with Gasteiger partial charge in [0.05, 0.1) is 17.8 Å². The van der Waals surface area contributed by atoms with Crippen LogP contribution in [0.5, 0.6) is 11.5 Å². The van der Waals surface area contributed by atoms with Gasteiger partial charge in [0.25, 0.3) is 0 Å². The Labute approximate surface area is 100 Å². The first-order chi connectivity index (χ1) is 6.97. The van der Waals surface area contributed by atoms with Gasteiger partial charge in [-0.1, -0.05) is 19.0 Å². The first kappa shape index (κ1) is 14.6. The van der Waals surface area contributed by atoms with Crippen LogP contribution in [0, 0.1) is 0 Å². The molecule has 0 saturated carbocycles. The zero-order valence-corrected chi connectivity index (χ0v) is 9.50. The van der Waals surface area contributed by atoms with E-state index in [-0.39, 0.29) is 24.8 Å². The lowest BCUT2D eigenvalue weighted by atomic mass is 10.2. The van der Waals surface area contributed by atoms with Crippen molar-refractivity contribution in [1.82, 2.24) is 0 Å². The highest BCUT2D eigenvalue weighted by Gasteiger charge is 2.13. The quantitative estimate of drug-likeness (QED) is 0.872. The second-order valence-electron chi connectivity index (χ2n) is 3.05. The maximum absolute atomic E-state index is 11.1. The van der Waals surface area contributed by atoms with Gasteiger partial charge >= 0.3 is 0 Å². The van der Waals surface area contributed by atoms with Crippen molar-refractivity contribution in [2.75, 3.05) is 19.1 Å². The number of anilines is 1. The highest BCUT2D eigenvalue weighted by Crippen LogP contribution is 2.36. The Bertz CT molecular complexity index is 393. The van der Waals surface area contributed by atoms with Crippen LogP contribution in [0.15, 0.2) is 12.1 Å². The summed E-state index contributed by atoms with van der Waals surface area (Å²) in [6.45, 7) is 1.41. The predicted molar refractivity (Wildman–Crippen MR) is 65.5 cm³/mol. The molecule has 0 heterocycles. The fourth-order valence-electron chi connectivity index (χ4n) is 1.12. The molecule has 0 fully saturated rings. The van der Waals surface area contributed by atoms with E-state index in [0.717, 1.165) is 0 Å². The SMILES string of the molecule is C.COc1cc(Cl)c(N(C)C(C)=O)cc1O. The molecule has 0 aliphatic carbocycles. The van der Waals surface area contributed by atoms with Gasteiger partial charge in [0.2, 0.25) is 5.91 Å². The molecule has 0 spiro atoms. The number of nitrogens with zero attached hydrogens (tertiary/aromatic N) is 1. The monoisotopic (exact) mass is 245 g/mol. The minimum Gasteiger partial charge on any atom is -0.504 e. The number of ether oxygens (including phenoxy) is 1. The van der Waals surface area contributed by atoms with Crippen molar-refractivity contribution >= 4 is 23.2 Å². The van der Waals surface area contributed by atoms with E-state index in [1.165, 1.54) is 31.1 Å². The Kier molecular flexibility index (Phi) is 5.11. The average Bonchev–Trinajstić information content (AvgIpc) is 2.19. The molecule has 1 amide bonds. The second-order valence-corrected chi connectivity index (χ2v) is 3.46. The van der Waals surface area contributed by atoms with E-state index in [0.29, 0.717) is 10.7 Å². The Morgan fingerprint density at radius 3 is 2.50 bits per heavy atom. The number of rotatable bonds is 2. The van der Waals surface area contributed by atoms with Crippen LogP contribution in [-0.4, -0.2) is 25.2 Å². The van der Waals surface area contributed by atoms with E-state index < -0.39 is 0 Å². The number of hydrogen-bond acceptors (Lipinski definition) is 3. The third-order valence-electron chi connectivity index (χ3n) is 2.08. The first-order valence-electron chi connectivity index (χ1n) is 4.28. The summed E-state index contributed by atoms with van der Waals surface area (Å²) < 4.78 is 4.88. The van der Waals surface area contributed by atoms with Crippen molar-refractivity contribution < 1.29 is 14.6 Å². The average molecular weight is 246 g/mol. The fourth-order valence-corrected chi connectivity index (χ4v) is 1.40. The van der Waals surface area contributed by atoms with Gasteiger partial charge in [-0.15, -0.1) is 0 Å². The normalized spacial score (nSPS) is 9.25. The molecule has 0 aliphatic heterocycles. The molecule has 90 valence electrons. The number of hydrogen-bond donors (Lipinski definition) is 1. The lowest BCUT2D eigenvalue weighted by molar-refractivity contribution is -0.116. The van der Waals surface area contributed by atoms with Crippen molar-refractivity contribution in [1.29, 1.82) is 0 Å². The van der Waals surface area contributed by atoms with Crippen molar-refractivity contribution in [2.24, 2.45) is 0 Å². The van der Waals surface area contributed by atoms with Gasteiger partial charge in [-0.05, 0) is 0 Å². The number of carbonyl (C=O) groups excluding carboxylic acids is 1. The summed E-state index contributed by atoms with van der Waals surface area (Å²) in [7, 11) is 3.01. The molecule has 5 heteroatoms. The van der Waals surface area contributed by atoms with Gasteiger partial charge in [0.1, 0.15) is 0 Å². The largest absolute Gasteiger partial charge is 0.504 e. The molecule has 4 nitrogen and oxygen atoms in total. The van der Waals surface area contributed by atoms with E-state index >= 15 is 0 Å². The summed E-state index contributed by atoms with van der Waals surface area (Å²) in [5.74, 6) is 0.0622. The van der Waals surface area contributed by atoms with E-state index in [2.05, 4.69) is 0 Å². The first-order valence-corrected chi connectivity index (χ1v) is 4.66. The van der Waals surface area contributed by atoms with E-state index in [1.807, 2.05) is 0 Å². The maximum Gasteiger partial charge on any atom is 0.223 e. The molecule has 0 unspecified atom stereocenters. The fraction of sp³-hybridized carbons (Fsp3) is 0.364. The highest BCUT2D eigenvalue weighted by molar-refractivity contribution is 6.34. The second kappa shape index (κ2) is 5.61. The highest BCUT2D eigenvalue weighted by atomic mass is 35.5. The molecule has 1 aromatic rings. The van der Waals surface area contributed by atoms with Gasteiger partial charge in [-0.2, -0.15) is 0 Å². The molecule has 1 N–H and O–H groups in total. The van der Waals surface area contributed by atoms with Crippen molar-refractivity contribution in [3.8, 4) is 11.5 Å². The topological polar surface area (TPSA) is 49.8 Å². The third kappa shape index (κ3) is 2.79. The van der Waals surface area contributed by atoms with Gasteiger partial charge in [-0.3, -0.25) is 4.79 Å². The lowest BCUT2D eigenvalue weighted by Gasteiger charge is -2.17. The predicted octanol–water partition coefficient (Wildman–Crippen LogP) is 2.67. The van der Waals surface area contributed by atoms with Crippen LogP contribution >= 0.6 is 11.6 Å². The van der Waals surface area contributed by atoms with E-state index in [4.69, 9.17) is 16.3 Å². The molecular formula is C11H16ClNO3. The summed E-state index contributed by atoms with van der Waals surface area (Å²) in [6.07, 6.45) is 0. The van der Waals surface area contributed by atoms with E-state index in [1.54, 1.807) is 7.05 Å². The molecule has 0 saturated heterocycles. The van der Waals surface area contributed by atoms with Crippen LogP contribution in [0.4, 0.5) is 5.69 Å². The molecule has 16 heavy (non-hydrogen) atoms. The minimum atomic E-state index is -0.165. The molecule has 0 atom stereocenters. The van der Waals surface area contributed by atoms with Crippen LogP contribution < -0.4 is 9.64 Å². The van der Waals surface area contributed by atoms with Crippen LogP contribution in [0.2, 0.25) is 5.02 Å². The Hall–Kier alpha value is -1.42. The van der Waals surface area contributed by atoms with Crippen molar-refractivity contribution in [3.63, 3.8) is 0 Å². The molecule has 0 aromatic heterocycles. The molecular weight excluding hydrogens is 230 g/mol. The lowest BCUT2D eigenvalue weighted by Crippen LogP contribution is -2.23. The number of amides is 1. The van der Waals surface area contributed by atoms with Gasteiger partial charge in [-0.25, -0.2) is 0 Å². The Balaban J connectivity index is 0.00000225. The van der Waals surface area contributed by atoms with Crippen LogP contribution in [0.3, 0.4) is 0 Å². The number of phenols is 1. The Morgan fingerprint density at radius 1 is 1.50 bits per heavy atom. The third-order valence-corrected chi connectivity index (χ3v) is 2.38. The smallest absolute Gasteiger partial charge is 0.223 e. The molecule has 1 rings (SSSR count). The molecule has 1 aromatic carbocycles. The summed E-state index contributed by atoms with van der Waals surface area (Å²) in [6, 6.07) is 2.86. The summed E-state index contributed by atoms with van der Waals surface area (Å²) in [5.41, 5.74) is 0.447. The molecule has 0 aliphatic rings. The minimum absolute atomic E-state index is 0. The maximum atomic E-state index is 11.1. The summed E-state index contributed by atoms with van der Waals surface area (Å²) in [5, 5.41) is 9.87. The summed E-state index contributed by atoms with van der Waals surface area (Å²) in [4.78, 5) is 12.5. The molecule has 0 bridgehead atoms. The number of methoxy groups -OCH3 is 1. The van der Waals surface area contributed by atoms with Crippen LogP contribution in [0.25, 0.3) is 0 Å².